The van der Waals surface area contributed by atoms with Gasteiger partial charge in [0.05, 0.1) is 71.6 Å². The summed E-state index contributed by atoms with van der Waals surface area (Å²) in [5.74, 6) is -3.82. The summed E-state index contributed by atoms with van der Waals surface area (Å²) in [6.07, 6.45) is -84.6. The zero-order valence-corrected chi connectivity index (χ0v) is 60.1. The molecule has 8 aliphatic rings. The Labute approximate surface area is 629 Å². The minimum Gasteiger partial charge on any atom is -0.394 e. The van der Waals surface area contributed by atoms with Crippen molar-refractivity contribution < 1.29 is 223 Å². The second-order valence-corrected chi connectivity index (χ2v) is 28.0. The average molecular weight is 1630 g/mol. The second kappa shape index (κ2) is 41.1. The Morgan fingerprint density at radius 1 is 0.333 bits per heavy atom. The van der Waals surface area contributed by atoms with Crippen LogP contribution in [0.25, 0.3) is 0 Å². The van der Waals surface area contributed by atoms with Gasteiger partial charge in [0.25, 0.3) is 0 Å². The minimum atomic E-state index is -2.69. The molecule has 111 heavy (non-hydrogen) atoms. The maximum atomic E-state index is 13.2. The van der Waals surface area contributed by atoms with Crippen LogP contribution in [0, 0.1) is 0 Å². The summed E-state index contributed by atoms with van der Waals surface area (Å²) < 4.78 is 95.8. The third-order valence-electron chi connectivity index (χ3n) is 20.0. The number of hydrogen-bond acceptors (Lipinski definition) is 45. The van der Waals surface area contributed by atoms with Crippen LogP contribution in [0.15, 0.2) is 0 Å². The molecule has 44 atom stereocenters. The average Bonchev–Trinajstić information content (AvgIpc) is 0.741. The molecule has 0 radical (unpaired) electrons. The molecule has 0 aromatic rings. The molecule has 0 spiro atoms. The van der Waals surface area contributed by atoms with E-state index in [1.807, 2.05) is 0 Å². The normalized spacial score (nSPS) is 46.3. The molecule has 8 aliphatic heterocycles. The fraction of sp³-hybridized carbons (Fsp3) is 0.935. The maximum Gasteiger partial charge on any atom is 0.217 e. The van der Waals surface area contributed by atoms with Gasteiger partial charge < -0.3 is 225 Å². The van der Waals surface area contributed by atoms with Gasteiger partial charge in [-0.05, 0) is 6.92 Å². The summed E-state index contributed by atoms with van der Waals surface area (Å²) in [5, 5.41) is 287. The summed E-state index contributed by atoms with van der Waals surface area (Å²) in [5.41, 5.74) is 0. The van der Waals surface area contributed by atoms with Crippen molar-refractivity contribution in [3.05, 3.63) is 0 Å². The van der Waals surface area contributed by atoms with E-state index in [4.69, 9.17) is 75.8 Å². The molecule has 49 nitrogen and oxygen atoms in total. The first-order valence-corrected chi connectivity index (χ1v) is 35.4. The molecule has 0 unspecified atom stereocenters. The summed E-state index contributed by atoms with van der Waals surface area (Å²) in [6.45, 7) is -5.14. The summed E-state index contributed by atoms with van der Waals surface area (Å²) >= 11 is 0. The lowest BCUT2D eigenvalue weighted by Crippen LogP contribution is -2.71. The number of nitrogens with one attached hydrogen (secondary N) is 4. The van der Waals surface area contributed by atoms with E-state index in [0.29, 0.717) is 0 Å². The van der Waals surface area contributed by atoms with Gasteiger partial charge in [0, 0.05) is 27.7 Å². The van der Waals surface area contributed by atoms with E-state index in [0.717, 1.165) is 27.7 Å². The lowest BCUT2D eigenvalue weighted by Gasteiger charge is -2.52. The van der Waals surface area contributed by atoms with E-state index in [1.165, 1.54) is 6.92 Å². The molecule has 4 amide bonds. The van der Waals surface area contributed by atoms with Gasteiger partial charge in [0.1, 0.15) is 207 Å². The fourth-order valence-electron chi connectivity index (χ4n) is 13.9. The standard InChI is InChI=1S/C62H106N4O45/c1-15-32(79)41(88)45(92)58(98-15)96-13-21(78)49(33(80)20(6-67)63-16(2)74)106-56-30(65-18(4)76)39(86)51(27(12-73)103-56)108-61-48(95)53(52(109-55-29(64-17(3)75)38(85)34(81)22(7-68)99-55)28(105-61)14-97-59-46(93)42(89)35(82)23(8-69)100-59)110-62-54(44(91)37(84)25(10-71)102-62)111-57-31(66-19(5)77)40(87)50(26(11-72)104-57)107-60-47(94)43(90)36(83)24(9-70)101-60/h15,20-62,67-73,78-95H,6-14H2,1-5H3,(H,63,74)(H,64,75)(H,65,76)(H,66,77)/t15-,20-,21+,22+,23+,24+,25+,26+,27+,28+,29+,30+,31+,32+,33+,34+,35+,36-,37+,38+,39+,40+,41+,42-,43-,44-,45-,46-,47+,48-,49+,50+,51+,52+,53+,54-,55-,56-,57-,58+,59-,60-,61-,62+/m0/s1. The molecule has 0 aromatic carbocycles. The van der Waals surface area contributed by atoms with Crippen molar-refractivity contribution in [1.82, 2.24) is 21.3 Å². The van der Waals surface area contributed by atoms with E-state index in [1.54, 1.807) is 0 Å². The Balaban J connectivity index is 1.22. The Bertz CT molecular complexity index is 2900. The molecule has 8 rings (SSSR count). The van der Waals surface area contributed by atoms with Crippen LogP contribution >= 0.6 is 0 Å². The second-order valence-electron chi connectivity index (χ2n) is 28.0. The minimum absolute atomic E-state index is 0.862. The van der Waals surface area contributed by atoms with Crippen molar-refractivity contribution in [3.8, 4) is 0 Å². The van der Waals surface area contributed by atoms with Gasteiger partial charge in [-0.3, -0.25) is 19.2 Å². The number of hydrogen-bond donors (Lipinski definition) is 29. The monoisotopic (exact) mass is 1630 g/mol. The molecule has 0 aliphatic carbocycles. The Kier molecular flexibility index (Phi) is 34.3. The Morgan fingerprint density at radius 2 is 0.694 bits per heavy atom. The van der Waals surface area contributed by atoms with Gasteiger partial charge in [0.2, 0.25) is 23.6 Å². The first-order valence-electron chi connectivity index (χ1n) is 35.4. The van der Waals surface area contributed by atoms with E-state index in [2.05, 4.69) is 21.3 Å². The maximum absolute atomic E-state index is 13.2. The lowest BCUT2D eigenvalue weighted by molar-refractivity contribution is -0.407. The highest BCUT2D eigenvalue weighted by atomic mass is 16.8. The van der Waals surface area contributed by atoms with Crippen LogP contribution in [0.2, 0.25) is 0 Å². The van der Waals surface area contributed by atoms with Gasteiger partial charge in [-0.15, -0.1) is 0 Å². The molecule has 644 valence electrons. The highest BCUT2D eigenvalue weighted by molar-refractivity contribution is 5.74. The van der Waals surface area contributed by atoms with Crippen LogP contribution in [-0.2, 0) is 95.0 Å². The highest BCUT2D eigenvalue weighted by Gasteiger charge is 2.61. The molecular weight excluding hydrogens is 1520 g/mol. The van der Waals surface area contributed by atoms with Crippen molar-refractivity contribution in [2.24, 2.45) is 0 Å². The summed E-state index contributed by atoms with van der Waals surface area (Å²) in [4.78, 5) is 51.5. The topological polar surface area (TPSA) is 770 Å². The largest absolute Gasteiger partial charge is 0.394 e. The van der Waals surface area contributed by atoms with E-state index >= 15 is 0 Å². The zero-order valence-electron chi connectivity index (χ0n) is 60.1. The number of carbonyl (C=O) groups is 4. The summed E-state index contributed by atoms with van der Waals surface area (Å²) in [7, 11) is 0. The molecular formula is C62H106N4O45. The predicted octanol–water partition coefficient (Wildman–Crippen LogP) is -19.4. The van der Waals surface area contributed by atoms with E-state index < -0.39 is 353 Å². The van der Waals surface area contributed by atoms with Crippen molar-refractivity contribution in [1.29, 1.82) is 0 Å². The quantitative estimate of drug-likeness (QED) is 0.0297. The van der Waals surface area contributed by atoms with Gasteiger partial charge >= 0.3 is 0 Å². The Hall–Kier alpha value is -3.76. The number of amides is 4. The SMILES string of the molecule is CC(=O)N[C@H]1[C@H](O[C@@H]([C@H](O)[C@H](CO)NC(C)=O)[C@H](O)CO[C@@H]2O[C@@H](C)[C@@H](O)[C@@H](O)[C@@H]2O)O[C@H](CO)[C@@H](O[C@@H]2O[C@H](CO[C@H]3O[C@H](CO)[C@@H](O)[C@H](O)[C@@H]3O)[C@@H](O[C@@H]3O[C@H](CO)[C@@H](O)[C@H](O)[C@H]3NC(C)=O)[C@H](O[C@H]3O[C@H](CO)[C@@H](O)[C@H](O)[C@@H]3O[C@@H]3O[C@H](CO)[C@@H](O[C@@H]4O[C@H](CO)[C@H](O)[C@H](O)[C@H]4O)[C@H](O)[C@H]3NC(C)=O)[C@@H]2O)[C@@H]1O. The molecule has 49 heteroatoms. The van der Waals surface area contributed by atoms with Crippen LogP contribution in [-0.4, -0.2) is 481 Å². The summed E-state index contributed by atoms with van der Waals surface area (Å²) in [6, 6.07) is -7.77. The van der Waals surface area contributed by atoms with Crippen molar-refractivity contribution in [2.45, 2.75) is 304 Å². The molecule has 29 N–H and O–H groups in total. The van der Waals surface area contributed by atoms with Crippen molar-refractivity contribution >= 4 is 23.6 Å². The third kappa shape index (κ3) is 21.4. The molecule has 8 heterocycles. The smallest absolute Gasteiger partial charge is 0.217 e. The van der Waals surface area contributed by atoms with Crippen LogP contribution in [0.1, 0.15) is 34.6 Å². The Morgan fingerprint density at radius 3 is 1.17 bits per heavy atom. The predicted molar refractivity (Wildman–Crippen MR) is 344 cm³/mol. The molecule has 8 saturated heterocycles. The van der Waals surface area contributed by atoms with Crippen LogP contribution in [0.4, 0.5) is 0 Å². The van der Waals surface area contributed by atoms with Gasteiger partial charge in [-0.2, -0.15) is 0 Å². The first kappa shape index (κ1) is 92.7. The van der Waals surface area contributed by atoms with Gasteiger partial charge in [-0.25, -0.2) is 0 Å². The fourth-order valence-corrected chi connectivity index (χ4v) is 13.9. The third-order valence-corrected chi connectivity index (χ3v) is 20.0. The van der Waals surface area contributed by atoms with E-state index in [9.17, 15) is 147 Å². The van der Waals surface area contributed by atoms with Gasteiger partial charge in [-0.1, -0.05) is 0 Å². The number of ether oxygens (including phenoxy) is 16. The number of aliphatic hydroxyl groups is 25. The molecule has 0 bridgehead atoms. The first-order chi connectivity index (χ1) is 52.4. The number of rotatable bonds is 32. The van der Waals surface area contributed by atoms with Crippen LogP contribution in [0.5, 0.6) is 0 Å². The molecule has 8 fully saturated rings. The van der Waals surface area contributed by atoms with Gasteiger partial charge in [0.15, 0.2) is 50.3 Å². The number of carbonyl (C=O) groups excluding carboxylic acids is 4. The molecule has 0 aromatic heterocycles. The highest BCUT2D eigenvalue weighted by Crippen LogP contribution is 2.40. The van der Waals surface area contributed by atoms with E-state index in [-0.39, 0.29) is 0 Å². The van der Waals surface area contributed by atoms with Crippen molar-refractivity contribution in [2.75, 3.05) is 59.5 Å². The lowest BCUT2D eigenvalue weighted by atomic mass is 9.93. The number of aliphatic hydroxyl groups excluding tert-OH is 25. The van der Waals surface area contributed by atoms with Crippen molar-refractivity contribution in [3.63, 3.8) is 0 Å². The van der Waals surface area contributed by atoms with Crippen LogP contribution in [0.3, 0.4) is 0 Å². The van der Waals surface area contributed by atoms with Crippen LogP contribution < -0.4 is 21.3 Å². The molecule has 0 saturated carbocycles. The zero-order chi connectivity index (χ0) is 82.2.